The molecule has 0 heterocycles. The number of hydrogen-bond acceptors (Lipinski definition) is 3. The van der Waals surface area contributed by atoms with Crippen LogP contribution in [0.1, 0.15) is 37.7 Å². The maximum atomic E-state index is 9.97. The van der Waals surface area contributed by atoms with E-state index in [0.29, 0.717) is 12.3 Å². The molecule has 0 spiro atoms. The fourth-order valence-electron chi connectivity index (χ4n) is 2.93. The molecule has 0 unspecified atom stereocenters. The van der Waals surface area contributed by atoms with Gasteiger partial charge in [0.1, 0.15) is 0 Å². The molecular formula is C14H20BrNO2. The molecule has 0 atom stereocenters. The molecule has 3 nitrogen and oxygen atoms in total. The Labute approximate surface area is 116 Å². The molecule has 1 aliphatic rings. The number of methoxy groups -OCH3 is 1. The Morgan fingerprint density at radius 2 is 2.00 bits per heavy atom. The summed E-state index contributed by atoms with van der Waals surface area (Å²) in [5.41, 5.74) is 7.14. The van der Waals surface area contributed by atoms with Crippen LogP contribution in [0.25, 0.3) is 0 Å². The SMILES string of the molecule is COc1cc(Br)c(C2(CN)CCCCC2)cc1O. The van der Waals surface area contributed by atoms with Gasteiger partial charge < -0.3 is 15.6 Å². The number of ether oxygens (including phenoxy) is 1. The highest BCUT2D eigenvalue weighted by atomic mass is 79.9. The largest absolute Gasteiger partial charge is 0.504 e. The molecular weight excluding hydrogens is 294 g/mol. The number of phenolic OH excluding ortho intramolecular Hbond substituents is 1. The third-order valence-electron chi connectivity index (χ3n) is 4.04. The summed E-state index contributed by atoms with van der Waals surface area (Å²) < 4.78 is 6.10. The summed E-state index contributed by atoms with van der Waals surface area (Å²) in [5.74, 6) is 0.683. The van der Waals surface area contributed by atoms with Crippen molar-refractivity contribution in [1.29, 1.82) is 0 Å². The predicted molar refractivity (Wildman–Crippen MR) is 76.2 cm³/mol. The predicted octanol–water partition coefficient (Wildman–Crippen LogP) is 3.32. The summed E-state index contributed by atoms with van der Waals surface area (Å²) in [5, 5.41) is 9.97. The molecule has 0 amide bonds. The lowest BCUT2D eigenvalue weighted by molar-refractivity contribution is 0.297. The van der Waals surface area contributed by atoms with Crippen molar-refractivity contribution in [3.63, 3.8) is 0 Å². The molecule has 0 aromatic heterocycles. The van der Waals surface area contributed by atoms with Gasteiger partial charge in [-0.15, -0.1) is 0 Å². The standard InChI is InChI=1S/C14H20BrNO2/c1-18-13-8-11(15)10(7-12(13)17)14(9-16)5-3-2-4-6-14/h7-8,17H,2-6,9,16H2,1H3. The van der Waals surface area contributed by atoms with Crippen LogP contribution in [0, 0.1) is 0 Å². The molecule has 0 aliphatic heterocycles. The Balaban J connectivity index is 2.45. The van der Waals surface area contributed by atoms with Crippen molar-refractivity contribution < 1.29 is 9.84 Å². The van der Waals surface area contributed by atoms with Crippen LogP contribution in [0.4, 0.5) is 0 Å². The van der Waals surface area contributed by atoms with Crippen molar-refractivity contribution in [3.8, 4) is 11.5 Å². The molecule has 18 heavy (non-hydrogen) atoms. The molecule has 0 bridgehead atoms. The molecule has 1 aliphatic carbocycles. The number of benzene rings is 1. The minimum Gasteiger partial charge on any atom is -0.504 e. The highest BCUT2D eigenvalue weighted by Crippen LogP contribution is 2.45. The maximum absolute atomic E-state index is 9.97. The average molecular weight is 314 g/mol. The van der Waals surface area contributed by atoms with Gasteiger partial charge in [0.25, 0.3) is 0 Å². The second-order valence-electron chi connectivity index (χ2n) is 5.05. The van der Waals surface area contributed by atoms with Crippen molar-refractivity contribution in [2.45, 2.75) is 37.5 Å². The van der Waals surface area contributed by atoms with Gasteiger partial charge in [-0.3, -0.25) is 0 Å². The molecule has 1 saturated carbocycles. The van der Waals surface area contributed by atoms with Crippen LogP contribution in [0.15, 0.2) is 16.6 Å². The number of nitrogens with two attached hydrogens (primary N) is 1. The van der Waals surface area contributed by atoms with Gasteiger partial charge in [0, 0.05) is 16.4 Å². The van der Waals surface area contributed by atoms with Crippen LogP contribution < -0.4 is 10.5 Å². The third kappa shape index (κ3) is 2.36. The molecule has 0 saturated heterocycles. The van der Waals surface area contributed by atoms with Crippen molar-refractivity contribution in [2.24, 2.45) is 5.73 Å². The molecule has 100 valence electrons. The van der Waals surface area contributed by atoms with Crippen LogP contribution in [0.3, 0.4) is 0 Å². The van der Waals surface area contributed by atoms with Gasteiger partial charge in [-0.2, -0.15) is 0 Å². The summed E-state index contributed by atoms with van der Waals surface area (Å²) in [6, 6.07) is 3.64. The lowest BCUT2D eigenvalue weighted by Crippen LogP contribution is -2.37. The summed E-state index contributed by atoms with van der Waals surface area (Å²) >= 11 is 3.59. The summed E-state index contributed by atoms with van der Waals surface area (Å²) in [6.07, 6.45) is 5.87. The zero-order chi connectivity index (χ0) is 13.2. The van der Waals surface area contributed by atoms with Crippen LogP contribution in [0.5, 0.6) is 11.5 Å². The zero-order valence-corrected chi connectivity index (χ0v) is 12.3. The molecule has 0 radical (unpaired) electrons. The van der Waals surface area contributed by atoms with Gasteiger partial charge in [0.15, 0.2) is 11.5 Å². The summed E-state index contributed by atoms with van der Waals surface area (Å²) in [7, 11) is 1.56. The quantitative estimate of drug-likeness (QED) is 0.900. The van der Waals surface area contributed by atoms with Crippen LogP contribution in [-0.4, -0.2) is 18.8 Å². The van der Waals surface area contributed by atoms with Crippen molar-refractivity contribution in [2.75, 3.05) is 13.7 Å². The molecule has 3 N–H and O–H groups in total. The van der Waals surface area contributed by atoms with E-state index in [-0.39, 0.29) is 11.2 Å². The smallest absolute Gasteiger partial charge is 0.161 e. The van der Waals surface area contributed by atoms with Gasteiger partial charge in [-0.25, -0.2) is 0 Å². The first-order chi connectivity index (χ1) is 8.63. The maximum Gasteiger partial charge on any atom is 0.161 e. The van der Waals surface area contributed by atoms with E-state index >= 15 is 0 Å². The summed E-state index contributed by atoms with van der Waals surface area (Å²) in [4.78, 5) is 0. The Kier molecular flexibility index (Phi) is 4.17. The van der Waals surface area contributed by atoms with Crippen molar-refractivity contribution in [1.82, 2.24) is 0 Å². The van der Waals surface area contributed by atoms with Crippen LogP contribution in [-0.2, 0) is 5.41 Å². The Bertz CT molecular complexity index is 428. The minimum atomic E-state index is 0.000828. The fraction of sp³-hybridized carbons (Fsp3) is 0.571. The third-order valence-corrected chi connectivity index (χ3v) is 4.70. The van der Waals surface area contributed by atoms with Crippen LogP contribution >= 0.6 is 15.9 Å². The van der Waals surface area contributed by atoms with E-state index in [0.717, 1.165) is 22.9 Å². The average Bonchev–Trinajstić information content (AvgIpc) is 2.41. The fourth-order valence-corrected chi connectivity index (χ4v) is 3.67. The van der Waals surface area contributed by atoms with Gasteiger partial charge in [0.05, 0.1) is 7.11 Å². The lowest BCUT2D eigenvalue weighted by atomic mass is 9.69. The second kappa shape index (κ2) is 5.49. The molecule has 1 aromatic rings. The van der Waals surface area contributed by atoms with E-state index in [9.17, 15) is 5.11 Å². The lowest BCUT2D eigenvalue weighted by Gasteiger charge is -2.37. The Hall–Kier alpha value is -0.740. The van der Waals surface area contributed by atoms with E-state index < -0.39 is 0 Å². The van der Waals surface area contributed by atoms with Gasteiger partial charge in [-0.05, 0) is 30.5 Å². The monoisotopic (exact) mass is 313 g/mol. The van der Waals surface area contributed by atoms with E-state index in [2.05, 4.69) is 15.9 Å². The number of rotatable bonds is 3. The normalized spacial score (nSPS) is 18.6. The number of phenols is 1. The highest BCUT2D eigenvalue weighted by molar-refractivity contribution is 9.10. The van der Waals surface area contributed by atoms with E-state index in [1.54, 1.807) is 13.2 Å². The first-order valence-corrected chi connectivity index (χ1v) is 7.19. The molecule has 4 heteroatoms. The molecule has 1 fully saturated rings. The zero-order valence-electron chi connectivity index (χ0n) is 10.7. The van der Waals surface area contributed by atoms with E-state index in [1.165, 1.54) is 19.3 Å². The topological polar surface area (TPSA) is 55.5 Å². The van der Waals surface area contributed by atoms with E-state index in [4.69, 9.17) is 10.5 Å². The van der Waals surface area contributed by atoms with Gasteiger partial charge in [0.2, 0.25) is 0 Å². The van der Waals surface area contributed by atoms with E-state index in [1.807, 2.05) is 6.07 Å². The number of aromatic hydroxyl groups is 1. The summed E-state index contributed by atoms with van der Waals surface area (Å²) in [6.45, 7) is 0.622. The van der Waals surface area contributed by atoms with Gasteiger partial charge in [-0.1, -0.05) is 35.2 Å². The van der Waals surface area contributed by atoms with Crippen molar-refractivity contribution >= 4 is 15.9 Å². The number of halogens is 1. The first kappa shape index (κ1) is 13.7. The molecule has 1 aromatic carbocycles. The Morgan fingerprint density at radius 3 is 2.56 bits per heavy atom. The molecule has 2 rings (SSSR count). The first-order valence-electron chi connectivity index (χ1n) is 6.40. The second-order valence-corrected chi connectivity index (χ2v) is 5.90. The number of hydrogen-bond donors (Lipinski definition) is 2. The minimum absolute atomic E-state index is 0.000828. The highest BCUT2D eigenvalue weighted by Gasteiger charge is 2.34. The van der Waals surface area contributed by atoms with Gasteiger partial charge >= 0.3 is 0 Å². The van der Waals surface area contributed by atoms with Crippen LogP contribution in [0.2, 0.25) is 0 Å². The van der Waals surface area contributed by atoms with Crippen molar-refractivity contribution in [3.05, 3.63) is 22.2 Å². The Morgan fingerprint density at radius 1 is 1.33 bits per heavy atom.